The van der Waals surface area contributed by atoms with Gasteiger partial charge in [-0.1, -0.05) is 19.4 Å². The van der Waals surface area contributed by atoms with Gasteiger partial charge in [-0.25, -0.2) is 4.79 Å². The Kier molecular flexibility index (Phi) is 3.81. The maximum atomic E-state index is 11.8. The summed E-state index contributed by atoms with van der Waals surface area (Å²) in [6, 6.07) is 5.50. The summed E-state index contributed by atoms with van der Waals surface area (Å²) >= 11 is 4.77. The topological polar surface area (TPSA) is 64.3 Å². The number of thiocarbonyl (C=S) groups is 1. The number of unbranched alkanes of at least 4 members (excludes halogenated alkanes) is 1. The fourth-order valence-corrected chi connectivity index (χ4v) is 2.21. The molecule has 18 heavy (non-hydrogen) atoms. The second kappa shape index (κ2) is 5.35. The Labute approximate surface area is 112 Å². The van der Waals surface area contributed by atoms with Crippen LogP contribution in [-0.2, 0) is 4.74 Å². The van der Waals surface area contributed by atoms with E-state index >= 15 is 0 Å². The number of nitrogens with two attached hydrogens (primary N) is 1. The van der Waals surface area contributed by atoms with Gasteiger partial charge in [-0.2, -0.15) is 0 Å². The highest BCUT2D eigenvalue weighted by Gasteiger charge is 2.30. The number of hydrogen-bond acceptors (Lipinski definition) is 3. The van der Waals surface area contributed by atoms with Gasteiger partial charge in [0.25, 0.3) is 0 Å². The second-order valence-electron chi connectivity index (χ2n) is 4.33. The first kappa shape index (κ1) is 12.8. The molecule has 0 spiro atoms. The molecule has 1 atom stereocenters. The quantitative estimate of drug-likeness (QED) is 0.646. The zero-order chi connectivity index (χ0) is 13.1. The average Bonchev–Trinajstić information content (AvgIpc) is 2.63. The number of carbonyl (C=O) groups is 1. The zero-order valence-corrected chi connectivity index (χ0v) is 11.0. The molecule has 4 nitrogen and oxygen atoms in total. The molecule has 1 heterocycles. The van der Waals surface area contributed by atoms with E-state index in [2.05, 4.69) is 12.2 Å². The van der Waals surface area contributed by atoms with Crippen LogP contribution < -0.4 is 11.1 Å². The normalized spacial score (nSPS) is 17.2. The number of fused-ring (bicyclic) bond motifs is 1. The molecule has 1 aromatic rings. The van der Waals surface area contributed by atoms with Crippen LogP contribution >= 0.6 is 12.2 Å². The molecule has 96 valence electrons. The summed E-state index contributed by atoms with van der Waals surface area (Å²) in [5, 5.41) is 3.00. The van der Waals surface area contributed by atoms with E-state index in [9.17, 15) is 4.79 Å². The number of benzene rings is 1. The monoisotopic (exact) mass is 264 g/mol. The molecule has 0 aromatic heterocycles. The SMILES string of the molecule is CCCCC1OC(=O)c2cc(NC(N)=S)ccc21. The van der Waals surface area contributed by atoms with Crippen molar-refractivity contribution in [2.75, 3.05) is 5.32 Å². The van der Waals surface area contributed by atoms with E-state index < -0.39 is 0 Å². The minimum absolute atomic E-state index is 0.105. The number of anilines is 1. The highest BCUT2D eigenvalue weighted by molar-refractivity contribution is 7.80. The van der Waals surface area contributed by atoms with E-state index in [0.717, 1.165) is 24.8 Å². The maximum absolute atomic E-state index is 11.8. The van der Waals surface area contributed by atoms with Crippen LogP contribution in [-0.4, -0.2) is 11.1 Å². The Hall–Kier alpha value is -1.62. The second-order valence-corrected chi connectivity index (χ2v) is 4.77. The molecule has 1 aliphatic rings. The number of carbonyl (C=O) groups excluding carboxylic acids is 1. The molecule has 0 saturated carbocycles. The van der Waals surface area contributed by atoms with Crippen molar-refractivity contribution < 1.29 is 9.53 Å². The molecule has 0 radical (unpaired) electrons. The lowest BCUT2D eigenvalue weighted by molar-refractivity contribution is 0.0364. The van der Waals surface area contributed by atoms with Gasteiger partial charge in [0.2, 0.25) is 0 Å². The summed E-state index contributed by atoms with van der Waals surface area (Å²) in [7, 11) is 0. The third kappa shape index (κ3) is 2.61. The molecule has 0 amide bonds. The van der Waals surface area contributed by atoms with Crippen LogP contribution in [0.2, 0.25) is 0 Å². The first-order valence-electron chi connectivity index (χ1n) is 6.03. The van der Waals surface area contributed by atoms with Crippen molar-refractivity contribution >= 4 is 29.0 Å². The molecule has 0 bridgehead atoms. The maximum Gasteiger partial charge on any atom is 0.339 e. The summed E-state index contributed by atoms with van der Waals surface area (Å²) in [5.74, 6) is -0.266. The van der Waals surface area contributed by atoms with Gasteiger partial charge in [0.1, 0.15) is 6.10 Å². The van der Waals surface area contributed by atoms with Crippen LogP contribution in [0.25, 0.3) is 0 Å². The molecule has 5 heteroatoms. The van der Waals surface area contributed by atoms with Gasteiger partial charge in [-0.3, -0.25) is 0 Å². The van der Waals surface area contributed by atoms with E-state index in [0.29, 0.717) is 11.3 Å². The lowest BCUT2D eigenvalue weighted by Gasteiger charge is -2.10. The summed E-state index contributed by atoms with van der Waals surface area (Å²) in [5.41, 5.74) is 7.69. The largest absolute Gasteiger partial charge is 0.454 e. The molecular formula is C13H16N2O2S. The fraction of sp³-hybridized carbons (Fsp3) is 0.385. The van der Waals surface area contributed by atoms with Crippen LogP contribution in [0.1, 0.15) is 48.2 Å². The van der Waals surface area contributed by atoms with Gasteiger partial charge in [0.15, 0.2) is 5.11 Å². The number of rotatable bonds is 4. The highest BCUT2D eigenvalue weighted by Crippen LogP contribution is 2.35. The molecule has 1 aromatic carbocycles. The Balaban J connectivity index is 2.22. The van der Waals surface area contributed by atoms with E-state index in [-0.39, 0.29) is 17.2 Å². The summed E-state index contributed by atoms with van der Waals surface area (Å²) < 4.78 is 5.36. The fourth-order valence-electron chi connectivity index (χ4n) is 2.09. The lowest BCUT2D eigenvalue weighted by atomic mass is 10.0. The predicted molar refractivity (Wildman–Crippen MR) is 74.5 cm³/mol. The van der Waals surface area contributed by atoms with Gasteiger partial charge in [-0.15, -0.1) is 0 Å². The minimum Gasteiger partial charge on any atom is -0.454 e. The number of hydrogen-bond donors (Lipinski definition) is 2. The average molecular weight is 264 g/mol. The number of nitrogens with one attached hydrogen (secondary N) is 1. The predicted octanol–water partition coefficient (Wildman–Crippen LogP) is 2.74. The Morgan fingerprint density at radius 2 is 2.33 bits per heavy atom. The van der Waals surface area contributed by atoms with Crippen molar-refractivity contribution in [3.05, 3.63) is 29.3 Å². The summed E-state index contributed by atoms with van der Waals surface area (Å²) in [6.45, 7) is 2.12. The standard InChI is InChI=1S/C13H16N2O2S/c1-2-3-4-11-9-6-5-8(15-13(14)18)7-10(9)12(16)17-11/h5-7,11H,2-4H2,1H3,(H3,14,15,18). The van der Waals surface area contributed by atoms with Crippen molar-refractivity contribution in [1.82, 2.24) is 0 Å². The molecule has 0 aliphatic carbocycles. The van der Waals surface area contributed by atoms with Crippen molar-refractivity contribution in [3.8, 4) is 0 Å². The lowest BCUT2D eigenvalue weighted by Crippen LogP contribution is -2.19. The van der Waals surface area contributed by atoms with Gasteiger partial charge >= 0.3 is 5.97 Å². The van der Waals surface area contributed by atoms with E-state index in [1.165, 1.54) is 0 Å². The van der Waals surface area contributed by atoms with Crippen molar-refractivity contribution in [2.24, 2.45) is 5.73 Å². The molecule has 1 aliphatic heterocycles. The smallest absolute Gasteiger partial charge is 0.339 e. The Bertz CT molecular complexity index is 488. The van der Waals surface area contributed by atoms with E-state index in [1.807, 2.05) is 12.1 Å². The molecule has 0 saturated heterocycles. The number of ether oxygens (including phenoxy) is 1. The summed E-state index contributed by atoms with van der Waals surface area (Å²) in [6.07, 6.45) is 2.90. The van der Waals surface area contributed by atoms with Crippen LogP contribution in [0.15, 0.2) is 18.2 Å². The highest BCUT2D eigenvalue weighted by atomic mass is 32.1. The van der Waals surface area contributed by atoms with Crippen molar-refractivity contribution in [3.63, 3.8) is 0 Å². The van der Waals surface area contributed by atoms with Gasteiger partial charge in [-0.05, 0) is 37.2 Å². The van der Waals surface area contributed by atoms with Gasteiger partial charge < -0.3 is 15.8 Å². The first-order chi connectivity index (χ1) is 8.61. The van der Waals surface area contributed by atoms with Crippen LogP contribution in [0, 0.1) is 0 Å². The molecule has 1 unspecified atom stereocenters. The van der Waals surface area contributed by atoms with Gasteiger partial charge in [0, 0.05) is 11.3 Å². The molecule has 0 fully saturated rings. The third-order valence-corrected chi connectivity index (χ3v) is 3.06. The zero-order valence-electron chi connectivity index (χ0n) is 10.2. The number of cyclic esters (lactones) is 1. The minimum atomic E-state index is -0.266. The Morgan fingerprint density at radius 3 is 3.00 bits per heavy atom. The summed E-state index contributed by atoms with van der Waals surface area (Å²) in [4.78, 5) is 11.8. The van der Waals surface area contributed by atoms with Crippen LogP contribution in [0.4, 0.5) is 5.69 Å². The van der Waals surface area contributed by atoms with Crippen molar-refractivity contribution in [2.45, 2.75) is 32.3 Å². The third-order valence-electron chi connectivity index (χ3n) is 2.96. The molecule has 3 N–H and O–H groups in total. The molecular weight excluding hydrogens is 248 g/mol. The Morgan fingerprint density at radius 1 is 1.56 bits per heavy atom. The van der Waals surface area contributed by atoms with Gasteiger partial charge in [0.05, 0.1) is 5.56 Å². The van der Waals surface area contributed by atoms with Crippen LogP contribution in [0.5, 0.6) is 0 Å². The van der Waals surface area contributed by atoms with Crippen molar-refractivity contribution in [1.29, 1.82) is 0 Å². The van der Waals surface area contributed by atoms with Crippen LogP contribution in [0.3, 0.4) is 0 Å². The van der Waals surface area contributed by atoms with E-state index in [4.69, 9.17) is 22.7 Å². The van der Waals surface area contributed by atoms with E-state index in [1.54, 1.807) is 6.07 Å². The first-order valence-corrected chi connectivity index (χ1v) is 6.44. The molecule has 2 rings (SSSR count). The number of esters is 1.